The SMILES string of the molecule is CCCOc1ccc2c(ccn2CCC(=O)NC(C)C)c1. The van der Waals surface area contributed by atoms with Gasteiger partial charge in [0.1, 0.15) is 5.75 Å². The van der Waals surface area contributed by atoms with Gasteiger partial charge in [0.25, 0.3) is 0 Å². The molecule has 21 heavy (non-hydrogen) atoms. The molecule has 1 heterocycles. The van der Waals surface area contributed by atoms with E-state index in [2.05, 4.69) is 35.0 Å². The molecule has 2 aromatic rings. The van der Waals surface area contributed by atoms with Crippen molar-refractivity contribution in [2.45, 2.75) is 46.2 Å². The normalized spacial score (nSPS) is 11.0. The summed E-state index contributed by atoms with van der Waals surface area (Å²) in [5.74, 6) is 0.995. The molecule has 1 aromatic heterocycles. The van der Waals surface area contributed by atoms with E-state index in [1.807, 2.05) is 26.1 Å². The Morgan fingerprint density at radius 1 is 1.33 bits per heavy atom. The topological polar surface area (TPSA) is 43.3 Å². The Bertz CT molecular complexity index is 602. The van der Waals surface area contributed by atoms with Gasteiger partial charge in [-0.1, -0.05) is 6.92 Å². The molecule has 0 atom stereocenters. The molecule has 114 valence electrons. The number of carbonyl (C=O) groups is 1. The third-order valence-corrected chi connectivity index (χ3v) is 3.24. The number of aromatic nitrogens is 1. The third kappa shape index (κ3) is 4.25. The molecule has 0 aliphatic rings. The highest BCUT2D eigenvalue weighted by atomic mass is 16.5. The van der Waals surface area contributed by atoms with Crippen molar-refractivity contribution in [3.8, 4) is 5.75 Å². The van der Waals surface area contributed by atoms with Gasteiger partial charge in [-0.2, -0.15) is 0 Å². The fourth-order valence-electron chi connectivity index (χ4n) is 2.30. The average molecular weight is 288 g/mol. The summed E-state index contributed by atoms with van der Waals surface area (Å²) in [5, 5.41) is 4.06. The predicted molar refractivity (Wildman–Crippen MR) is 85.6 cm³/mol. The van der Waals surface area contributed by atoms with Crippen molar-refractivity contribution in [2.24, 2.45) is 0 Å². The fraction of sp³-hybridized carbons (Fsp3) is 0.471. The van der Waals surface area contributed by atoms with Crippen molar-refractivity contribution in [2.75, 3.05) is 6.61 Å². The van der Waals surface area contributed by atoms with Crippen LogP contribution in [0.5, 0.6) is 5.75 Å². The summed E-state index contributed by atoms with van der Waals surface area (Å²) in [4.78, 5) is 11.7. The number of ether oxygens (including phenoxy) is 1. The van der Waals surface area contributed by atoms with E-state index >= 15 is 0 Å². The van der Waals surface area contributed by atoms with Crippen LogP contribution in [0.25, 0.3) is 10.9 Å². The Morgan fingerprint density at radius 3 is 2.86 bits per heavy atom. The lowest BCUT2D eigenvalue weighted by Gasteiger charge is -2.10. The summed E-state index contributed by atoms with van der Waals surface area (Å²) in [6, 6.07) is 8.35. The van der Waals surface area contributed by atoms with Gasteiger partial charge in [0, 0.05) is 36.1 Å². The van der Waals surface area contributed by atoms with Crippen LogP contribution in [0.3, 0.4) is 0 Å². The zero-order chi connectivity index (χ0) is 15.2. The molecular weight excluding hydrogens is 264 g/mol. The van der Waals surface area contributed by atoms with Crippen LogP contribution in [-0.2, 0) is 11.3 Å². The van der Waals surface area contributed by atoms with Gasteiger partial charge in [0.15, 0.2) is 0 Å². The summed E-state index contributed by atoms with van der Waals surface area (Å²) in [6.45, 7) is 7.47. The number of aryl methyl sites for hydroxylation is 1. The summed E-state index contributed by atoms with van der Waals surface area (Å²) >= 11 is 0. The maximum atomic E-state index is 11.7. The Kier molecular flexibility index (Phi) is 5.26. The number of nitrogens with zero attached hydrogens (tertiary/aromatic N) is 1. The molecule has 0 saturated carbocycles. The molecule has 4 nitrogen and oxygen atoms in total. The van der Waals surface area contributed by atoms with Gasteiger partial charge in [-0.05, 0) is 44.5 Å². The maximum absolute atomic E-state index is 11.7. The lowest BCUT2D eigenvalue weighted by Crippen LogP contribution is -2.30. The summed E-state index contributed by atoms with van der Waals surface area (Å²) in [5.41, 5.74) is 1.14. The summed E-state index contributed by atoms with van der Waals surface area (Å²) in [6.07, 6.45) is 3.52. The van der Waals surface area contributed by atoms with Crippen LogP contribution in [0.2, 0.25) is 0 Å². The van der Waals surface area contributed by atoms with Crippen LogP contribution in [0.4, 0.5) is 0 Å². The number of nitrogens with one attached hydrogen (secondary N) is 1. The van der Waals surface area contributed by atoms with E-state index in [1.165, 1.54) is 0 Å². The third-order valence-electron chi connectivity index (χ3n) is 3.24. The smallest absolute Gasteiger partial charge is 0.221 e. The number of hydrogen-bond donors (Lipinski definition) is 1. The van der Waals surface area contributed by atoms with E-state index in [4.69, 9.17) is 4.74 Å². The van der Waals surface area contributed by atoms with Crippen molar-refractivity contribution >= 4 is 16.8 Å². The molecule has 2 rings (SSSR count). The fourth-order valence-corrected chi connectivity index (χ4v) is 2.30. The van der Waals surface area contributed by atoms with E-state index in [0.29, 0.717) is 13.0 Å². The first-order chi connectivity index (χ1) is 10.1. The Balaban J connectivity index is 2.03. The Labute approximate surface area is 126 Å². The molecule has 0 fully saturated rings. The minimum absolute atomic E-state index is 0.0924. The van der Waals surface area contributed by atoms with E-state index in [-0.39, 0.29) is 11.9 Å². The molecular formula is C17H24N2O2. The molecule has 1 N–H and O–H groups in total. The molecule has 0 bridgehead atoms. The van der Waals surface area contributed by atoms with Gasteiger partial charge in [-0.15, -0.1) is 0 Å². The van der Waals surface area contributed by atoms with Crippen LogP contribution in [0.15, 0.2) is 30.5 Å². The monoisotopic (exact) mass is 288 g/mol. The maximum Gasteiger partial charge on any atom is 0.221 e. The van der Waals surface area contributed by atoms with Crippen LogP contribution in [-0.4, -0.2) is 23.1 Å². The van der Waals surface area contributed by atoms with Crippen LogP contribution in [0.1, 0.15) is 33.6 Å². The highest BCUT2D eigenvalue weighted by Gasteiger charge is 2.06. The predicted octanol–water partition coefficient (Wildman–Crippen LogP) is 3.34. The summed E-state index contributed by atoms with van der Waals surface area (Å²) in [7, 11) is 0. The van der Waals surface area contributed by atoms with Crippen LogP contribution < -0.4 is 10.1 Å². The van der Waals surface area contributed by atoms with Gasteiger partial charge in [-0.25, -0.2) is 0 Å². The molecule has 1 amide bonds. The molecule has 0 aliphatic heterocycles. The summed E-state index contributed by atoms with van der Waals surface area (Å²) < 4.78 is 7.75. The van der Waals surface area contributed by atoms with Gasteiger partial charge < -0.3 is 14.6 Å². The largest absolute Gasteiger partial charge is 0.494 e. The Morgan fingerprint density at radius 2 is 2.14 bits per heavy atom. The molecule has 0 unspecified atom stereocenters. The van der Waals surface area contributed by atoms with Crippen molar-refractivity contribution in [1.82, 2.24) is 9.88 Å². The minimum atomic E-state index is 0.0924. The second-order valence-corrected chi connectivity index (χ2v) is 5.55. The number of fused-ring (bicyclic) bond motifs is 1. The number of carbonyl (C=O) groups excluding carboxylic acids is 1. The Hall–Kier alpha value is -1.97. The van der Waals surface area contributed by atoms with Crippen LogP contribution in [0, 0.1) is 0 Å². The molecule has 0 saturated heterocycles. The van der Waals surface area contributed by atoms with Gasteiger partial charge in [-0.3, -0.25) is 4.79 Å². The number of rotatable bonds is 7. The van der Waals surface area contributed by atoms with Gasteiger partial charge >= 0.3 is 0 Å². The zero-order valence-electron chi connectivity index (χ0n) is 13.1. The van der Waals surface area contributed by atoms with E-state index in [1.54, 1.807) is 0 Å². The lowest BCUT2D eigenvalue weighted by molar-refractivity contribution is -0.121. The van der Waals surface area contributed by atoms with E-state index < -0.39 is 0 Å². The van der Waals surface area contributed by atoms with Gasteiger partial charge in [0.05, 0.1) is 6.61 Å². The first-order valence-electron chi connectivity index (χ1n) is 7.61. The van der Waals surface area contributed by atoms with Crippen molar-refractivity contribution in [3.05, 3.63) is 30.5 Å². The van der Waals surface area contributed by atoms with Crippen molar-refractivity contribution in [3.63, 3.8) is 0 Å². The highest BCUT2D eigenvalue weighted by molar-refractivity contribution is 5.82. The molecule has 0 radical (unpaired) electrons. The van der Waals surface area contributed by atoms with E-state index in [0.717, 1.165) is 29.7 Å². The molecule has 1 aromatic carbocycles. The second kappa shape index (κ2) is 7.16. The van der Waals surface area contributed by atoms with Crippen LogP contribution >= 0.6 is 0 Å². The lowest BCUT2D eigenvalue weighted by atomic mass is 10.2. The number of hydrogen-bond acceptors (Lipinski definition) is 2. The molecule has 0 aliphatic carbocycles. The zero-order valence-corrected chi connectivity index (χ0v) is 13.1. The number of benzene rings is 1. The average Bonchev–Trinajstić information content (AvgIpc) is 2.84. The number of amides is 1. The molecule has 4 heteroatoms. The second-order valence-electron chi connectivity index (χ2n) is 5.55. The minimum Gasteiger partial charge on any atom is -0.494 e. The van der Waals surface area contributed by atoms with Crippen molar-refractivity contribution in [1.29, 1.82) is 0 Å². The first-order valence-corrected chi connectivity index (χ1v) is 7.61. The molecule has 0 spiro atoms. The highest BCUT2D eigenvalue weighted by Crippen LogP contribution is 2.22. The van der Waals surface area contributed by atoms with E-state index in [9.17, 15) is 4.79 Å². The van der Waals surface area contributed by atoms with Gasteiger partial charge in [0.2, 0.25) is 5.91 Å². The first kappa shape index (κ1) is 15.4. The standard InChI is InChI=1S/C17H24N2O2/c1-4-11-21-15-5-6-16-14(12-15)7-9-19(16)10-8-17(20)18-13(2)3/h5-7,9,12-13H,4,8,10-11H2,1-3H3,(H,18,20). The van der Waals surface area contributed by atoms with Crippen molar-refractivity contribution < 1.29 is 9.53 Å². The quantitative estimate of drug-likeness (QED) is 0.849.